The van der Waals surface area contributed by atoms with Crippen molar-refractivity contribution in [3.05, 3.63) is 30.3 Å². The lowest BCUT2D eigenvalue weighted by molar-refractivity contribution is -0.127. The second-order valence-corrected chi connectivity index (χ2v) is 5.46. The Bertz CT molecular complexity index is 439. The van der Waals surface area contributed by atoms with E-state index in [1.54, 1.807) is 30.8 Å². The van der Waals surface area contributed by atoms with Crippen LogP contribution in [-0.4, -0.2) is 35.9 Å². The van der Waals surface area contributed by atoms with E-state index in [4.69, 9.17) is 5.73 Å². The van der Waals surface area contributed by atoms with Crippen molar-refractivity contribution in [3.8, 4) is 0 Å². The molecule has 0 aliphatic heterocycles. The molecule has 2 atom stereocenters. The van der Waals surface area contributed by atoms with Gasteiger partial charge in [0, 0.05) is 5.69 Å². The second-order valence-electron chi connectivity index (χ2n) is 4.47. The Labute approximate surface area is 123 Å². The van der Waals surface area contributed by atoms with E-state index < -0.39 is 12.1 Å². The van der Waals surface area contributed by atoms with Crippen molar-refractivity contribution in [3.63, 3.8) is 0 Å². The Morgan fingerprint density at radius 3 is 2.50 bits per heavy atom. The van der Waals surface area contributed by atoms with Gasteiger partial charge in [-0.3, -0.25) is 9.59 Å². The molecule has 0 aromatic heterocycles. The van der Waals surface area contributed by atoms with Gasteiger partial charge in [-0.25, -0.2) is 0 Å². The molecule has 5 nitrogen and oxygen atoms in total. The van der Waals surface area contributed by atoms with Gasteiger partial charge in [-0.2, -0.15) is 11.8 Å². The summed E-state index contributed by atoms with van der Waals surface area (Å²) in [7, 11) is 0. The highest BCUT2D eigenvalue weighted by atomic mass is 32.2. The summed E-state index contributed by atoms with van der Waals surface area (Å²) >= 11 is 1.64. The number of nitrogens with one attached hydrogen (secondary N) is 2. The van der Waals surface area contributed by atoms with Crippen molar-refractivity contribution >= 4 is 29.3 Å². The van der Waals surface area contributed by atoms with Crippen LogP contribution in [-0.2, 0) is 9.59 Å². The lowest BCUT2D eigenvalue weighted by atomic mass is 10.2. The Balaban J connectivity index is 2.43. The largest absolute Gasteiger partial charge is 0.343 e. The molecule has 0 heterocycles. The van der Waals surface area contributed by atoms with Gasteiger partial charge in [0.2, 0.25) is 11.8 Å². The molecule has 0 aliphatic carbocycles. The van der Waals surface area contributed by atoms with Crippen molar-refractivity contribution in [1.82, 2.24) is 5.32 Å². The maximum absolute atomic E-state index is 11.9. The summed E-state index contributed by atoms with van der Waals surface area (Å²) in [5.74, 6) is 0.260. The van der Waals surface area contributed by atoms with Crippen molar-refractivity contribution in [2.75, 3.05) is 17.3 Å². The van der Waals surface area contributed by atoms with Crippen molar-refractivity contribution in [1.29, 1.82) is 0 Å². The molecule has 1 aromatic carbocycles. The van der Waals surface area contributed by atoms with Crippen LogP contribution >= 0.6 is 11.8 Å². The molecule has 6 heteroatoms. The number of amides is 2. The van der Waals surface area contributed by atoms with Crippen molar-refractivity contribution in [2.24, 2.45) is 5.73 Å². The molecule has 0 spiro atoms. The van der Waals surface area contributed by atoms with E-state index in [-0.39, 0.29) is 11.8 Å². The lowest BCUT2D eigenvalue weighted by Gasteiger charge is -2.17. The molecular weight excluding hydrogens is 274 g/mol. The molecule has 2 amide bonds. The predicted octanol–water partition coefficient (Wildman–Crippen LogP) is 1.21. The van der Waals surface area contributed by atoms with Crippen LogP contribution < -0.4 is 16.4 Å². The molecule has 0 fully saturated rings. The summed E-state index contributed by atoms with van der Waals surface area (Å²) in [6.45, 7) is 1.64. The minimum atomic E-state index is -0.622. The van der Waals surface area contributed by atoms with Gasteiger partial charge < -0.3 is 16.4 Å². The van der Waals surface area contributed by atoms with Crippen LogP contribution in [0.2, 0.25) is 0 Å². The number of anilines is 1. The number of carbonyl (C=O) groups is 2. The monoisotopic (exact) mass is 295 g/mol. The first-order valence-electron chi connectivity index (χ1n) is 6.45. The van der Waals surface area contributed by atoms with Crippen LogP contribution in [0.1, 0.15) is 13.3 Å². The summed E-state index contributed by atoms with van der Waals surface area (Å²) in [6.07, 6.45) is 2.56. The number of hydrogen-bond acceptors (Lipinski definition) is 4. The van der Waals surface area contributed by atoms with Crippen molar-refractivity contribution < 1.29 is 9.59 Å². The third kappa shape index (κ3) is 5.63. The summed E-state index contributed by atoms with van der Waals surface area (Å²) in [5.41, 5.74) is 6.45. The summed E-state index contributed by atoms with van der Waals surface area (Å²) < 4.78 is 0. The Hall–Kier alpha value is -1.53. The zero-order valence-corrected chi connectivity index (χ0v) is 12.6. The minimum absolute atomic E-state index is 0.262. The van der Waals surface area contributed by atoms with E-state index in [0.717, 1.165) is 5.75 Å². The average molecular weight is 295 g/mol. The van der Waals surface area contributed by atoms with Crippen molar-refractivity contribution in [2.45, 2.75) is 25.4 Å². The van der Waals surface area contributed by atoms with E-state index >= 15 is 0 Å². The van der Waals surface area contributed by atoms with Gasteiger partial charge in [-0.15, -0.1) is 0 Å². The molecule has 20 heavy (non-hydrogen) atoms. The number of nitrogens with two attached hydrogens (primary N) is 1. The fraction of sp³-hybridized carbons (Fsp3) is 0.429. The van der Waals surface area contributed by atoms with Crippen LogP contribution in [0.5, 0.6) is 0 Å². The number of thioether (sulfide) groups is 1. The Kier molecular flexibility index (Phi) is 7.11. The first-order chi connectivity index (χ1) is 9.54. The van der Waals surface area contributed by atoms with Gasteiger partial charge in [-0.1, -0.05) is 18.2 Å². The first kappa shape index (κ1) is 16.5. The minimum Gasteiger partial charge on any atom is -0.343 e. The number of para-hydroxylation sites is 1. The van der Waals surface area contributed by atoms with Gasteiger partial charge in [-0.05, 0) is 37.5 Å². The molecule has 0 saturated carbocycles. The van der Waals surface area contributed by atoms with E-state index in [0.29, 0.717) is 12.1 Å². The number of benzene rings is 1. The normalized spacial score (nSPS) is 13.3. The van der Waals surface area contributed by atoms with Crippen LogP contribution in [0, 0.1) is 0 Å². The molecule has 0 bridgehead atoms. The topological polar surface area (TPSA) is 84.2 Å². The highest BCUT2D eigenvalue weighted by molar-refractivity contribution is 7.98. The first-order valence-corrected chi connectivity index (χ1v) is 7.84. The molecule has 4 N–H and O–H groups in total. The van der Waals surface area contributed by atoms with E-state index in [1.165, 1.54) is 0 Å². The van der Waals surface area contributed by atoms with E-state index in [2.05, 4.69) is 10.6 Å². The van der Waals surface area contributed by atoms with Gasteiger partial charge in [0.1, 0.15) is 6.04 Å². The molecule has 1 unspecified atom stereocenters. The zero-order chi connectivity index (χ0) is 15.0. The predicted molar refractivity (Wildman–Crippen MR) is 83.7 cm³/mol. The SMILES string of the molecule is CSCC[C@H](N)C(=O)NC(C)C(=O)Nc1ccccc1. The summed E-state index contributed by atoms with van der Waals surface area (Å²) in [5, 5.41) is 5.35. The maximum Gasteiger partial charge on any atom is 0.246 e. The molecular formula is C14H21N3O2S. The van der Waals surface area contributed by atoms with E-state index in [9.17, 15) is 9.59 Å². The average Bonchev–Trinajstić information content (AvgIpc) is 2.45. The van der Waals surface area contributed by atoms with Crippen LogP contribution in [0.15, 0.2) is 30.3 Å². The molecule has 0 aliphatic rings. The highest BCUT2D eigenvalue weighted by Crippen LogP contribution is 2.05. The quantitative estimate of drug-likeness (QED) is 0.706. The van der Waals surface area contributed by atoms with Gasteiger partial charge in [0.25, 0.3) is 0 Å². The van der Waals surface area contributed by atoms with E-state index in [1.807, 2.05) is 24.5 Å². The molecule has 1 aromatic rings. The molecule has 110 valence electrons. The van der Waals surface area contributed by atoms with Gasteiger partial charge >= 0.3 is 0 Å². The Morgan fingerprint density at radius 1 is 1.25 bits per heavy atom. The number of hydrogen-bond donors (Lipinski definition) is 3. The highest BCUT2D eigenvalue weighted by Gasteiger charge is 2.19. The number of rotatable bonds is 7. The van der Waals surface area contributed by atoms with Crippen LogP contribution in [0.4, 0.5) is 5.69 Å². The zero-order valence-electron chi connectivity index (χ0n) is 11.8. The second kappa shape index (κ2) is 8.60. The number of carbonyl (C=O) groups excluding carboxylic acids is 2. The van der Waals surface area contributed by atoms with Crippen LogP contribution in [0.3, 0.4) is 0 Å². The fourth-order valence-corrected chi connectivity index (χ4v) is 2.02. The fourth-order valence-electron chi connectivity index (χ4n) is 1.53. The summed E-state index contributed by atoms with van der Waals surface area (Å²) in [6, 6.07) is 7.91. The van der Waals surface area contributed by atoms with Gasteiger partial charge in [0.15, 0.2) is 0 Å². The molecule has 0 radical (unpaired) electrons. The van der Waals surface area contributed by atoms with Gasteiger partial charge in [0.05, 0.1) is 6.04 Å². The molecule has 0 saturated heterocycles. The third-order valence-corrected chi connectivity index (χ3v) is 3.41. The lowest BCUT2D eigenvalue weighted by Crippen LogP contribution is -2.48. The van der Waals surface area contributed by atoms with Crippen LogP contribution in [0.25, 0.3) is 0 Å². The smallest absolute Gasteiger partial charge is 0.246 e. The molecule has 1 rings (SSSR count). The Morgan fingerprint density at radius 2 is 1.90 bits per heavy atom. The summed E-state index contributed by atoms with van der Waals surface area (Å²) in [4.78, 5) is 23.7. The standard InChI is InChI=1S/C14H21N3O2S/c1-10(16-14(19)12(15)8-9-20-2)13(18)17-11-6-4-3-5-7-11/h3-7,10,12H,8-9,15H2,1-2H3,(H,16,19)(H,17,18)/t10?,12-/m0/s1. The third-order valence-electron chi connectivity index (χ3n) is 2.76. The maximum atomic E-state index is 11.9.